The van der Waals surface area contributed by atoms with Gasteiger partial charge in [-0.25, -0.2) is 0 Å². The Bertz CT molecular complexity index is 267. The Labute approximate surface area is 92.1 Å². The first-order valence-corrected chi connectivity index (χ1v) is 5.82. The number of hydrogen-bond donors (Lipinski definition) is 1. The third kappa shape index (κ3) is 4.93. The third-order valence-corrected chi connectivity index (χ3v) is 2.25. The zero-order valence-electron chi connectivity index (χ0n) is 10.0. The summed E-state index contributed by atoms with van der Waals surface area (Å²) in [7, 11) is 0. The van der Waals surface area contributed by atoms with Gasteiger partial charge in [0.25, 0.3) is 0 Å². The molecule has 0 radical (unpaired) electrons. The molecule has 0 bridgehead atoms. The van der Waals surface area contributed by atoms with E-state index in [1.54, 1.807) is 0 Å². The fourth-order valence-electron chi connectivity index (χ4n) is 1.39. The molecular weight excluding hydrogens is 188 g/mol. The molecule has 0 amide bonds. The van der Waals surface area contributed by atoms with Crippen molar-refractivity contribution in [2.75, 3.05) is 13.1 Å². The Morgan fingerprint density at radius 2 is 2.27 bits per heavy atom. The molecule has 1 aromatic rings. The molecule has 0 aliphatic carbocycles. The number of aromatic nitrogens is 3. The summed E-state index contributed by atoms with van der Waals surface area (Å²) in [5.41, 5.74) is 1.10. The summed E-state index contributed by atoms with van der Waals surface area (Å²) in [6.45, 7) is 9.58. The van der Waals surface area contributed by atoms with E-state index < -0.39 is 0 Å². The van der Waals surface area contributed by atoms with Crippen molar-refractivity contribution in [2.45, 2.75) is 40.2 Å². The Kier molecular flexibility index (Phi) is 5.32. The average molecular weight is 210 g/mol. The van der Waals surface area contributed by atoms with Gasteiger partial charge in [-0.3, -0.25) is 4.68 Å². The van der Waals surface area contributed by atoms with Crippen molar-refractivity contribution in [1.29, 1.82) is 0 Å². The number of hydrogen-bond acceptors (Lipinski definition) is 3. The van der Waals surface area contributed by atoms with Gasteiger partial charge in [0.15, 0.2) is 0 Å². The zero-order chi connectivity index (χ0) is 11.1. The van der Waals surface area contributed by atoms with Gasteiger partial charge in [0.1, 0.15) is 0 Å². The molecule has 4 nitrogen and oxygen atoms in total. The Morgan fingerprint density at radius 1 is 1.47 bits per heavy atom. The van der Waals surface area contributed by atoms with Crippen molar-refractivity contribution in [1.82, 2.24) is 20.3 Å². The lowest BCUT2D eigenvalue weighted by Crippen LogP contribution is -2.21. The van der Waals surface area contributed by atoms with Gasteiger partial charge in [0, 0.05) is 12.7 Å². The van der Waals surface area contributed by atoms with Crippen LogP contribution in [0.5, 0.6) is 0 Å². The molecule has 0 aliphatic rings. The molecule has 1 N–H and O–H groups in total. The van der Waals surface area contributed by atoms with Crippen LogP contribution in [0.15, 0.2) is 6.20 Å². The van der Waals surface area contributed by atoms with E-state index in [1.165, 1.54) is 0 Å². The van der Waals surface area contributed by atoms with Crippen LogP contribution in [-0.2, 0) is 13.0 Å². The van der Waals surface area contributed by atoms with Crippen LogP contribution in [0.3, 0.4) is 0 Å². The topological polar surface area (TPSA) is 42.7 Å². The fraction of sp³-hybridized carbons (Fsp3) is 0.818. The minimum Gasteiger partial charge on any atom is -0.316 e. The van der Waals surface area contributed by atoms with Crippen LogP contribution in [0.4, 0.5) is 0 Å². The minimum atomic E-state index is 0.728. The maximum absolute atomic E-state index is 4.10. The van der Waals surface area contributed by atoms with Gasteiger partial charge in [-0.2, -0.15) is 0 Å². The molecule has 15 heavy (non-hydrogen) atoms. The lowest BCUT2D eigenvalue weighted by molar-refractivity contribution is 0.542. The average Bonchev–Trinajstić information content (AvgIpc) is 2.65. The highest BCUT2D eigenvalue weighted by Gasteiger charge is 1.99. The summed E-state index contributed by atoms with van der Waals surface area (Å²) in [6, 6.07) is 0. The van der Waals surface area contributed by atoms with E-state index in [0.717, 1.165) is 44.1 Å². The number of nitrogens with zero attached hydrogens (tertiary/aromatic N) is 3. The highest BCUT2D eigenvalue weighted by molar-refractivity contribution is 4.92. The van der Waals surface area contributed by atoms with Crippen LogP contribution in [-0.4, -0.2) is 28.1 Å². The van der Waals surface area contributed by atoms with Crippen molar-refractivity contribution >= 4 is 0 Å². The Balaban J connectivity index is 2.09. The fourth-order valence-corrected chi connectivity index (χ4v) is 1.39. The molecule has 86 valence electrons. The lowest BCUT2D eigenvalue weighted by Gasteiger charge is -2.05. The summed E-state index contributed by atoms with van der Waals surface area (Å²) < 4.78 is 1.87. The maximum atomic E-state index is 4.10. The zero-order valence-corrected chi connectivity index (χ0v) is 10.0. The first kappa shape index (κ1) is 12.2. The molecule has 0 saturated carbocycles. The van der Waals surface area contributed by atoms with Gasteiger partial charge in [-0.1, -0.05) is 19.1 Å². The number of aryl methyl sites for hydroxylation is 2. The standard InChI is InChI=1S/C11H22N4/c1-4-15-9-11(13-14-15)6-5-7-12-8-10(2)3/h9-10,12H,4-8H2,1-3H3. The van der Waals surface area contributed by atoms with E-state index in [-0.39, 0.29) is 0 Å². The van der Waals surface area contributed by atoms with Crippen molar-refractivity contribution in [3.8, 4) is 0 Å². The van der Waals surface area contributed by atoms with E-state index in [1.807, 2.05) is 10.9 Å². The van der Waals surface area contributed by atoms with Crippen LogP contribution < -0.4 is 5.32 Å². The second-order valence-electron chi connectivity index (χ2n) is 4.27. The number of nitrogens with one attached hydrogen (secondary N) is 1. The molecule has 1 aromatic heterocycles. The highest BCUT2D eigenvalue weighted by Crippen LogP contribution is 1.97. The summed E-state index contributed by atoms with van der Waals surface area (Å²) >= 11 is 0. The molecule has 0 saturated heterocycles. The largest absolute Gasteiger partial charge is 0.316 e. The van der Waals surface area contributed by atoms with Gasteiger partial charge in [0.05, 0.1) is 5.69 Å². The smallest absolute Gasteiger partial charge is 0.0827 e. The monoisotopic (exact) mass is 210 g/mol. The predicted octanol–water partition coefficient (Wildman–Crippen LogP) is 1.48. The van der Waals surface area contributed by atoms with Crippen LogP contribution in [0.2, 0.25) is 0 Å². The van der Waals surface area contributed by atoms with Crippen LogP contribution in [0.25, 0.3) is 0 Å². The molecule has 4 heteroatoms. The SMILES string of the molecule is CCn1cc(CCCNCC(C)C)nn1. The molecule has 0 aromatic carbocycles. The van der Waals surface area contributed by atoms with Gasteiger partial charge in [-0.05, 0) is 38.8 Å². The van der Waals surface area contributed by atoms with Crippen molar-refractivity contribution in [3.63, 3.8) is 0 Å². The van der Waals surface area contributed by atoms with Gasteiger partial charge >= 0.3 is 0 Å². The van der Waals surface area contributed by atoms with E-state index in [2.05, 4.69) is 36.4 Å². The number of rotatable bonds is 7. The minimum absolute atomic E-state index is 0.728. The first-order chi connectivity index (χ1) is 7.22. The second-order valence-corrected chi connectivity index (χ2v) is 4.27. The predicted molar refractivity (Wildman–Crippen MR) is 61.7 cm³/mol. The summed E-state index contributed by atoms with van der Waals surface area (Å²) in [5.74, 6) is 0.728. The van der Waals surface area contributed by atoms with Gasteiger partial charge < -0.3 is 5.32 Å². The summed E-state index contributed by atoms with van der Waals surface area (Å²) in [4.78, 5) is 0. The molecule has 0 unspecified atom stereocenters. The van der Waals surface area contributed by atoms with Crippen LogP contribution >= 0.6 is 0 Å². The van der Waals surface area contributed by atoms with E-state index in [0.29, 0.717) is 0 Å². The Morgan fingerprint density at radius 3 is 2.87 bits per heavy atom. The lowest BCUT2D eigenvalue weighted by atomic mass is 10.2. The quantitative estimate of drug-likeness (QED) is 0.693. The second kappa shape index (κ2) is 6.56. The molecule has 0 aliphatic heterocycles. The summed E-state index contributed by atoms with van der Waals surface area (Å²) in [6.07, 6.45) is 4.18. The van der Waals surface area contributed by atoms with E-state index >= 15 is 0 Å². The van der Waals surface area contributed by atoms with Crippen LogP contribution in [0, 0.1) is 5.92 Å². The normalized spacial score (nSPS) is 11.2. The third-order valence-electron chi connectivity index (χ3n) is 2.25. The maximum Gasteiger partial charge on any atom is 0.0827 e. The van der Waals surface area contributed by atoms with Crippen molar-refractivity contribution < 1.29 is 0 Å². The van der Waals surface area contributed by atoms with Crippen molar-refractivity contribution in [2.24, 2.45) is 5.92 Å². The summed E-state index contributed by atoms with van der Waals surface area (Å²) in [5, 5.41) is 11.5. The molecule has 0 fully saturated rings. The molecule has 1 heterocycles. The van der Waals surface area contributed by atoms with E-state index in [9.17, 15) is 0 Å². The van der Waals surface area contributed by atoms with Gasteiger partial charge in [-0.15, -0.1) is 5.10 Å². The first-order valence-electron chi connectivity index (χ1n) is 5.82. The van der Waals surface area contributed by atoms with E-state index in [4.69, 9.17) is 0 Å². The molecule has 0 spiro atoms. The van der Waals surface area contributed by atoms with Crippen molar-refractivity contribution in [3.05, 3.63) is 11.9 Å². The van der Waals surface area contributed by atoms with Crippen LogP contribution in [0.1, 0.15) is 32.9 Å². The highest BCUT2D eigenvalue weighted by atomic mass is 15.4. The molecule has 0 atom stereocenters. The molecular formula is C11H22N4. The van der Waals surface area contributed by atoms with Gasteiger partial charge in [0.2, 0.25) is 0 Å². The molecule has 1 rings (SSSR count). The Hall–Kier alpha value is -0.900.